The molecule has 2 heterocycles. The predicted octanol–water partition coefficient (Wildman–Crippen LogP) is 3.50. The maximum Gasteiger partial charge on any atom is 0.239 e. The van der Waals surface area contributed by atoms with Crippen molar-refractivity contribution in [3.05, 3.63) is 57.0 Å². The summed E-state index contributed by atoms with van der Waals surface area (Å²) >= 11 is 13.8. The third-order valence-corrected chi connectivity index (χ3v) is 7.37. The number of primary amides is 1. The average molecular weight is 509 g/mol. The molecule has 1 aliphatic rings. The number of hydrogen-bond acceptors (Lipinski definition) is 7. The monoisotopic (exact) mass is 508 g/mol. The van der Waals surface area contributed by atoms with Crippen LogP contribution in [0.25, 0.3) is 10.2 Å². The molecule has 7 nitrogen and oxygen atoms in total. The van der Waals surface area contributed by atoms with Crippen LogP contribution >= 0.6 is 34.5 Å². The number of aliphatic hydroxyl groups is 1. The first-order chi connectivity index (χ1) is 15.8. The van der Waals surface area contributed by atoms with Crippen molar-refractivity contribution in [2.75, 3.05) is 39.3 Å². The summed E-state index contributed by atoms with van der Waals surface area (Å²) in [6.45, 7) is 5.34. The molecule has 0 radical (unpaired) electrons. The van der Waals surface area contributed by atoms with Crippen LogP contribution in [0.2, 0.25) is 10.0 Å². The van der Waals surface area contributed by atoms with Crippen LogP contribution < -0.4 is 10.5 Å². The molecule has 4 rings (SSSR count). The summed E-state index contributed by atoms with van der Waals surface area (Å²) in [7, 11) is 0. The normalized spacial score (nSPS) is 17.2. The molecule has 1 saturated heterocycles. The zero-order valence-electron chi connectivity index (χ0n) is 18.2. The van der Waals surface area contributed by atoms with Crippen molar-refractivity contribution >= 4 is 50.7 Å². The maximum atomic E-state index is 12.2. The van der Waals surface area contributed by atoms with Gasteiger partial charge in [0.15, 0.2) is 0 Å². The standard InChI is InChI=1S/C23H26Cl2N4O3S/c1-14-27-20-11-17(3-5-21(20)33-14)32-13-16(30)12-28-6-8-29(9-7-28)22(23(26)31)15-2-4-18(24)19(25)10-15/h2-5,10-11,16,22,30H,6-9,12-13H2,1H3,(H2,26,31). The van der Waals surface area contributed by atoms with Crippen LogP contribution in [0.15, 0.2) is 36.4 Å². The van der Waals surface area contributed by atoms with Crippen LogP contribution in [-0.2, 0) is 4.79 Å². The number of piperazine rings is 1. The number of amides is 1. The number of ether oxygens (including phenoxy) is 1. The Balaban J connectivity index is 1.28. The van der Waals surface area contributed by atoms with Gasteiger partial charge in [0.25, 0.3) is 0 Å². The van der Waals surface area contributed by atoms with Gasteiger partial charge >= 0.3 is 0 Å². The first-order valence-corrected chi connectivity index (χ1v) is 12.3. The van der Waals surface area contributed by atoms with Crippen LogP contribution in [0.3, 0.4) is 0 Å². The molecule has 1 aliphatic heterocycles. The summed E-state index contributed by atoms with van der Waals surface area (Å²) in [5.41, 5.74) is 7.34. The number of rotatable bonds is 8. The number of carbonyl (C=O) groups excluding carboxylic acids is 1. The highest BCUT2D eigenvalue weighted by atomic mass is 35.5. The maximum absolute atomic E-state index is 12.2. The van der Waals surface area contributed by atoms with E-state index in [0.29, 0.717) is 48.5 Å². The number of thiazole rings is 1. The summed E-state index contributed by atoms with van der Waals surface area (Å²) in [6.07, 6.45) is -0.633. The lowest BCUT2D eigenvalue weighted by Crippen LogP contribution is -2.52. The summed E-state index contributed by atoms with van der Waals surface area (Å²) in [6, 6.07) is 10.4. The van der Waals surface area contributed by atoms with E-state index >= 15 is 0 Å². The molecule has 33 heavy (non-hydrogen) atoms. The minimum absolute atomic E-state index is 0.196. The summed E-state index contributed by atoms with van der Waals surface area (Å²) < 4.78 is 6.91. The van der Waals surface area contributed by atoms with Crippen LogP contribution in [0.5, 0.6) is 5.75 Å². The lowest BCUT2D eigenvalue weighted by molar-refractivity contribution is -0.124. The molecule has 2 aromatic carbocycles. The first kappa shape index (κ1) is 24.2. The third-order valence-electron chi connectivity index (χ3n) is 5.68. The summed E-state index contributed by atoms with van der Waals surface area (Å²) in [5, 5.41) is 12.3. The Morgan fingerprint density at radius 2 is 1.94 bits per heavy atom. The van der Waals surface area contributed by atoms with E-state index in [2.05, 4.69) is 9.88 Å². The molecule has 3 aromatic rings. The lowest BCUT2D eigenvalue weighted by atomic mass is 10.0. The van der Waals surface area contributed by atoms with Gasteiger partial charge in [0.1, 0.15) is 24.5 Å². The second-order valence-electron chi connectivity index (χ2n) is 8.14. The molecule has 0 spiro atoms. The van der Waals surface area contributed by atoms with E-state index in [1.54, 1.807) is 29.5 Å². The van der Waals surface area contributed by atoms with E-state index in [0.717, 1.165) is 20.8 Å². The van der Waals surface area contributed by atoms with Crippen molar-refractivity contribution in [3.63, 3.8) is 0 Å². The Morgan fingerprint density at radius 3 is 2.64 bits per heavy atom. The minimum atomic E-state index is -0.633. The Kier molecular flexibility index (Phi) is 7.73. The quantitative estimate of drug-likeness (QED) is 0.483. The second-order valence-corrected chi connectivity index (χ2v) is 10.2. The van der Waals surface area contributed by atoms with E-state index in [-0.39, 0.29) is 6.61 Å². The number of hydrogen-bond donors (Lipinski definition) is 2. The number of β-amino-alcohol motifs (C(OH)–C–C–N with tert-alkyl or cyclic N) is 1. The van der Waals surface area contributed by atoms with Gasteiger partial charge in [-0.1, -0.05) is 29.3 Å². The van der Waals surface area contributed by atoms with Gasteiger partial charge in [-0.25, -0.2) is 4.98 Å². The third kappa shape index (κ3) is 5.95. The molecule has 2 atom stereocenters. The molecule has 10 heteroatoms. The molecule has 1 aromatic heterocycles. The van der Waals surface area contributed by atoms with E-state index in [9.17, 15) is 9.90 Å². The lowest BCUT2D eigenvalue weighted by Gasteiger charge is -2.38. The van der Waals surface area contributed by atoms with Crippen molar-refractivity contribution in [1.29, 1.82) is 0 Å². The fourth-order valence-corrected chi connectivity index (χ4v) is 5.21. The minimum Gasteiger partial charge on any atom is -0.491 e. The number of halogens is 2. The summed E-state index contributed by atoms with van der Waals surface area (Å²) in [5.74, 6) is 0.269. The van der Waals surface area contributed by atoms with Crippen molar-refractivity contribution in [2.45, 2.75) is 19.1 Å². The average Bonchev–Trinajstić information content (AvgIpc) is 3.15. The van der Waals surface area contributed by atoms with E-state index in [1.165, 1.54) is 0 Å². The Hall–Kier alpha value is -1.94. The molecular formula is C23H26Cl2N4O3S. The number of aromatic nitrogens is 1. The zero-order chi connectivity index (χ0) is 23.5. The topological polar surface area (TPSA) is 91.9 Å². The van der Waals surface area contributed by atoms with E-state index in [1.807, 2.05) is 30.0 Å². The Bertz CT molecular complexity index is 1130. The van der Waals surface area contributed by atoms with Crippen molar-refractivity contribution in [1.82, 2.24) is 14.8 Å². The van der Waals surface area contributed by atoms with Crippen LogP contribution in [-0.4, -0.2) is 71.2 Å². The number of aliphatic hydroxyl groups excluding tert-OH is 1. The molecule has 2 unspecified atom stereocenters. The Morgan fingerprint density at radius 1 is 1.18 bits per heavy atom. The van der Waals surface area contributed by atoms with Gasteiger partial charge in [-0.3, -0.25) is 14.6 Å². The van der Waals surface area contributed by atoms with Gasteiger partial charge in [0.05, 0.1) is 25.3 Å². The van der Waals surface area contributed by atoms with Gasteiger partial charge in [0.2, 0.25) is 5.91 Å². The van der Waals surface area contributed by atoms with E-state index < -0.39 is 18.1 Å². The smallest absolute Gasteiger partial charge is 0.239 e. The number of carbonyl (C=O) groups is 1. The van der Waals surface area contributed by atoms with Gasteiger partial charge in [-0.2, -0.15) is 0 Å². The van der Waals surface area contributed by atoms with Crippen LogP contribution in [0.1, 0.15) is 16.6 Å². The molecule has 176 valence electrons. The zero-order valence-corrected chi connectivity index (χ0v) is 20.5. The SMILES string of the molecule is Cc1nc2cc(OCC(O)CN3CCN(C(C(N)=O)c4ccc(Cl)c(Cl)c4)CC3)ccc2s1. The largest absolute Gasteiger partial charge is 0.491 e. The van der Waals surface area contributed by atoms with E-state index in [4.69, 9.17) is 33.7 Å². The molecule has 0 aliphatic carbocycles. The first-order valence-electron chi connectivity index (χ1n) is 10.7. The molecule has 1 fully saturated rings. The van der Waals surface area contributed by atoms with Crippen LogP contribution in [0, 0.1) is 6.92 Å². The van der Waals surface area contributed by atoms with Crippen molar-refractivity contribution < 1.29 is 14.6 Å². The number of nitrogens with two attached hydrogens (primary N) is 1. The highest BCUT2D eigenvalue weighted by Crippen LogP contribution is 2.29. The van der Waals surface area contributed by atoms with Gasteiger partial charge in [0, 0.05) is 38.8 Å². The van der Waals surface area contributed by atoms with Crippen LogP contribution in [0.4, 0.5) is 0 Å². The summed E-state index contributed by atoms with van der Waals surface area (Å²) in [4.78, 5) is 20.9. The highest BCUT2D eigenvalue weighted by Gasteiger charge is 2.30. The fourth-order valence-electron chi connectivity index (χ4n) is 4.10. The molecular weight excluding hydrogens is 483 g/mol. The van der Waals surface area contributed by atoms with Gasteiger partial charge in [-0.15, -0.1) is 11.3 Å². The number of nitrogens with zero attached hydrogens (tertiary/aromatic N) is 3. The number of benzene rings is 2. The van der Waals surface area contributed by atoms with Gasteiger partial charge in [-0.05, 0) is 36.8 Å². The fraction of sp³-hybridized carbons (Fsp3) is 0.391. The number of fused-ring (bicyclic) bond motifs is 1. The predicted molar refractivity (Wildman–Crippen MR) is 132 cm³/mol. The highest BCUT2D eigenvalue weighted by molar-refractivity contribution is 7.18. The second kappa shape index (κ2) is 10.5. The van der Waals surface area contributed by atoms with Gasteiger partial charge < -0.3 is 15.6 Å². The van der Waals surface area contributed by atoms with Crippen molar-refractivity contribution in [2.24, 2.45) is 5.73 Å². The van der Waals surface area contributed by atoms with Crippen molar-refractivity contribution in [3.8, 4) is 5.75 Å². The molecule has 0 bridgehead atoms. The molecule has 1 amide bonds. The Labute approximate surface area is 206 Å². The molecule has 3 N–H and O–H groups in total. The number of aryl methyl sites for hydroxylation is 1. The molecule has 0 saturated carbocycles.